The molecule has 0 unspecified atom stereocenters. The molecule has 2 rings (SSSR count). The Labute approximate surface area is 136 Å². The van der Waals surface area contributed by atoms with Crippen LogP contribution in [0, 0.1) is 17.0 Å². The molecule has 1 aromatic heterocycles. The molecule has 8 heteroatoms. The molecule has 0 saturated heterocycles. The number of halogens is 2. The lowest BCUT2D eigenvalue weighted by Crippen LogP contribution is -2.07. The third-order valence-electron chi connectivity index (χ3n) is 3.03. The smallest absolute Gasteiger partial charge is 0.355 e. The SMILES string of the molecule is CCOC(=O)c1[nH]c(C)c(Cl)c1-c1cccc(Cl)c1[N+](=O)[O-]. The number of ether oxygens (including phenoxy) is 1. The molecule has 0 aliphatic heterocycles. The first-order chi connectivity index (χ1) is 10.4. The van der Waals surface area contributed by atoms with E-state index in [2.05, 4.69) is 4.98 Å². The highest BCUT2D eigenvalue weighted by atomic mass is 35.5. The van der Waals surface area contributed by atoms with Crippen molar-refractivity contribution in [2.24, 2.45) is 0 Å². The highest BCUT2D eigenvalue weighted by Crippen LogP contribution is 2.42. The third-order valence-corrected chi connectivity index (χ3v) is 3.81. The van der Waals surface area contributed by atoms with Gasteiger partial charge in [-0.1, -0.05) is 29.3 Å². The predicted molar refractivity (Wildman–Crippen MR) is 83.6 cm³/mol. The summed E-state index contributed by atoms with van der Waals surface area (Å²) in [5.41, 5.74) is 0.640. The summed E-state index contributed by atoms with van der Waals surface area (Å²) in [5, 5.41) is 11.5. The van der Waals surface area contributed by atoms with Gasteiger partial charge in [-0.3, -0.25) is 10.1 Å². The maximum Gasteiger partial charge on any atom is 0.355 e. The van der Waals surface area contributed by atoms with Crippen LogP contribution in [0.25, 0.3) is 11.1 Å². The van der Waals surface area contributed by atoms with Crippen LogP contribution in [0.5, 0.6) is 0 Å². The van der Waals surface area contributed by atoms with Crippen molar-refractivity contribution in [3.8, 4) is 11.1 Å². The molecule has 0 saturated carbocycles. The number of para-hydroxylation sites is 1. The Bertz CT molecular complexity index is 756. The molecule has 0 bridgehead atoms. The predicted octanol–water partition coefficient (Wildman–Crippen LogP) is 4.38. The number of nitrogens with one attached hydrogen (secondary N) is 1. The fourth-order valence-corrected chi connectivity index (χ4v) is 2.60. The number of rotatable bonds is 4. The van der Waals surface area contributed by atoms with Crippen LogP contribution >= 0.6 is 23.2 Å². The molecule has 0 atom stereocenters. The van der Waals surface area contributed by atoms with Crippen molar-refractivity contribution in [3.05, 3.63) is 49.7 Å². The summed E-state index contributed by atoms with van der Waals surface area (Å²) in [6.07, 6.45) is 0. The molecule has 6 nitrogen and oxygen atoms in total. The van der Waals surface area contributed by atoms with Gasteiger partial charge in [0.25, 0.3) is 5.69 Å². The average Bonchev–Trinajstić information content (AvgIpc) is 2.74. The first-order valence-electron chi connectivity index (χ1n) is 6.36. The van der Waals surface area contributed by atoms with E-state index in [1.807, 2.05) is 0 Å². The maximum atomic E-state index is 12.1. The Morgan fingerprint density at radius 2 is 2.09 bits per heavy atom. The lowest BCUT2D eigenvalue weighted by atomic mass is 10.0. The van der Waals surface area contributed by atoms with E-state index in [0.29, 0.717) is 5.69 Å². The van der Waals surface area contributed by atoms with Crippen LogP contribution in [0.2, 0.25) is 10.0 Å². The van der Waals surface area contributed by atoms with Gasteiger partial charge in [0.15, 0.2) is 0 Å². The zero-order chi connectivity index (χ0) is 16.4. The molecule has 1 aromatic carbocycles. The second kappa shape index (κ2) is 6.37. The summed E-state index contributed by atoms with van der Waals surface area (Å²) in [7, 11) is 0. The molecule has 0 aliphatic carbocycles. The number of benzene rings is 1. The minimum absolute atomic E-state index is 0.0350. The number of carbonyl (C=O) groups excluding carboxylic acids is 1. The largest absolute Gasteiger partial charge is 0.461 e. The fourth-order valence-electron chi connectivity index (χ4n) is 2.11. The van der Waals surface area contributed by atoms with Gasteiger partial charge in [-0.15, -0.1) is 0 Å². The molecular formula is C14H12Cl2N2O4. The number of aromatic amines is 1. The van der Waals surface area contributed by atoms with E-state index < -0.39 is 10.9 Å². The number of H-pyrrole nitrogens is 1. The molecule has 0 fully saturated rings. The fraction of sp³-hybridized carbons (Fsp3) is 0.214. The van der Waals surface area contributed by atoms with Gasteiger partial charge in [0.2, 0.25) is 0 Å². The average molecular weight is 343 g/mol. The van der Waals surface area contributed by atoms with Crippen molar-refractivity contribution in [1.82, 2.24) is 4.98 Å². The Balaban J connectivity index is 2.76. The zero-order valence-electron chi connectivity index (χ0n) is 11.8. The van der Waals surface area contributed by atoms with Gasteiger partial charge in [-0.05, 0) is 26.0 Å². The lowest BCUT2D eigenvalue weighted by Gasteiger charge is -2.07. The highest BCUT2D eigenvalue weighted by molar-refractivity contribution is 6.36. The Morgan fingerprint density at radius 3 is 2.68 bits per heavy atom. The van der Waals surface area contributed by atoms with Crippen molar-refractivity contribution < 1.29 is 14.5 Å². The van der Waals surface area contributed by atoms with Crippen LogP contribution in [0.1, 0.15) is 23.1 Å². The van der Waals surface area contributed by atoms with Gasteiger partial charge < -0.3 is 9.72 Å². The van der Waals surface area contributed by atoms with E-state index in [0.717, 1.165) is 0 Å². The van der Waals surface area contributed by atoms with E-state index in [4.69, 9.17) is 27.9 Å². The molecule has 1 heterocycles. The number of nitro benzene ring substituents is 1. The highest BCUT2D eigenvalue weighted by Gasteiger charge is 2.28. The van der Waals surface area contributed by atoms with E-state index in [-0.39, 0.29) is 39.2 Å². The second-order valence-corrected chi connectivity index (χ2v) is 5.21. The number of aromatic nitrogens is 1. The zero-order valence-corrected chi connectivity index (χ0v) is 13.3. The molecule has 22 heavy (non-hydrogen) atoms. The third kappa shape index (κ3) is 2.80. The quantitative estimate of drug-likeness (QED) is 0.507. The van der Waals surface area contributed by atoms with Gasteiger partial charge in [0.1, 0.15) is 10.7 Å². The van der Waals surface area contributed by atoms with Crippen molar-refractivity contribution in [1.29, 1.82) is 0 Å². The number of aryl methyl sites for hydroxylation is 1. The number of carbonyl (C=O) groups is 1. The number of nitrogens with zero attached hydrogens (tertiary/aromatic N) is 1. The summed E-state index contributed by atoms with van der Waals surface area (Å²) in [5.74, 6) is -0.637. The Kier molecular flexibility index (Phi) is 4.73. The second-order valence-electron chi connectivity index (χ2n) is 4.43. The van der Waals surface area contributed by atoms with E-state index in [1.165, 1.54) is 12.1 Å². The molecular weight excluding hydrogens is 331 g/mol. The summed E-state index contributed by atoms with van der Waals surface area (Å²) in [6.45, 7) is 3.49. The molecule has 116 valence electrons. The topological polar surface area (TPSA) is 85.2 Å². The summed E-state index contributed by atoms with van der Waals surface area (Å²) >= 11 is 12.1. The molecule has 0 spiro atoms. The molecule has 0 radical (unpaired) electrons. The van der Waals surface area contributed by atoms with E-state index in [1.54, 1.807) is 19.9 Å². The van der Waals surface area contributed by atoms with Crippen molar-refractivity contribution in [2.45, 2.75) is 13.8 Å². The van der Waals surface area contributed by atoms with Crippen LogP contribution in [0.4, 0.5) is 5.69 Å². The number of nitro groups is 1. The van der Waals surface area contributed by atoms with Crippen LogP contribution in [-0.2, 0) is 4.74 Å². The van der Waals surface area contributed by atoms with Crippen molar-refractivity contribution >= 4 is 34.9 Å². The summed E-state index contributed by atoms with van der Waals surface area (Å²) < 4.78 is 4.96. The van der Waals surface area contributed by atoms with Gasteiger partial charge >= 0.3 is 5.97 Å². The first-order valence-corrected chi connectivity index (χ1v) is 7.12. The van der Waals surface area contributed by atoms with Crippen LogP contribution in [0.3, 0.4) is 0 Å². The summed E-state index contributed by atoms with van der Waals surface area (Å²) in [6, 6.07) is 4.44. The van der Waals surface area contributed by atoms with Gasteiger partial charge in [-0.2, -0.15) is 0 Å². The minimum Gasteiger partial charge on any atom is -0.461 e. The normalized spacial score (nSPS) is 10.5. The first kappa shape index (κ1) is 16.3. The monoisotopic (exact) mass is 342 g/mol. The lowest BCUT2D eigenvalue weighted by molar-refractivity contribution is -0.384. The van der Waals surface area contributed by atoms with Gasteiger partial charge in [-0.25, -0.2) is 4.79 Å². The molecule has 0 amide bonds. The molecule has 1 N–H and O–H groups in total. The number of hydrogen-bond donors (Lipinski definition) is 1. The van der Waals surface area contributed by atoms with Gasteiger partial charge in [0, 0.05) is 11.3 Å². The number of hydrogen-bond acceptors (Lipinski definition) is 4. The number of esters is 1. The molecule has 2 aromatic rings. The minimum atomic E-state index is -0.637. The van der Waals surface area contributed by atoms with Crippen LogP contribution in [0.15, 0.2) is 18.2 Å². The Hall–Kier alpha value is -2.05. The standard InChI is InChI=1S/C14H12Cl2N2O4/c1-3-22-14(19)12-10(11(16)7(2)17-12)8-5-4-6-9(15)13(8)18(20)21/h4-6,17H,3H2,1-2H3. The van der Waals surface area contributed by atoms with E-state index in [9.17, 15) is 14.9 Å². The van der Waals surface area contributed by atoms with E-state index >= 15 is 0 Å². The van der Waals surface area contributed by atoms with Crippen molar-refractivity contribution in [2.75, 3.05) is 6.61 Å². The Morgan fingerprint density at radius 1 is 1.41 bits per heavy atom. The molecule has 0 aliphatic rings. The maximum absolute atomic E-state index is 12.1. The van der Waals surface area contributed by atoms with Crippen LogP contribution < -0.4 is 0 Å². The van der Waals surface area contributed by atoms with Crippen molar-refractivity contribution in [3.63, 3.8) is 0 Å². The van der Waals surface area contributed by atoms with Gasteiger partial charge in [0.05, 0.1) is 22.1 Å². The van der Waals surface area contributed by atoms with Crippen LogP contribution in [-0.4, -0.2) is 22.5 Å². The summed E-state index contributed by atoms with van der Waals surface area (Å²) in [4.78, 5) is 25.6.